The molecule has 0 radical (unpaired) electrons. The van der Waals surface area contributed by atoms with Crippen molar-refractivity contribution >= 4 is 16.9 Å². The summed E-state index contributed by atoms with van der Waals surface area (Å²) in [6.07, 6.45) is 0. The summed E-state index contributed by atoms with van der Waals surface area (Å²) in [6, 6.07) is 8.37. The molecule has 0 aliphatic carbocycles. The van der Waals surface area contributed by atoms with Crippen molar-refractivity contribution in [1.29, 1.82) is 0 Å². The van der Waals surface area contributed by atoms with Gasteiger partial charge in [-0.05, 0) is 23.6 Å². The van der Waals surface area contributed by atoms with E-state index in [0.29, 0.717) is 40.5 Å². The zero-order valence-corrected chi connectivity index (χ0v) is 19.3. The molecule has 0 amide bonds. The number of aromatic nitrogens is 2. The number of H-pyrrole nitrogens is 1. The van der Waals surface area contributed by atoms with E-state index in [0.717, 1.165) is 26.2 Å². The fraction of sp³-hybridized carbons (Fsp3) is 0.417. The van der Waals surface area contributed by atoms with Gasteiger partial charge in [0.05, 0.1) is 31.7 Å². The first-order valence-corrected chi connectivity index (χ1v) is 10.6. The number of nitrogens with one attached hydrogen (secondary N) is 1. The summed E-state index contributed by atoms with van der Waals surface area (Å²) in [4.78, 5) is 24.8. The fourth-order valence-electron chi connectivity index (χ4n) is 4.37. The van der Waals surface area contributed by atoms with E-state index in [2.05, 4.69) is 33.1 Å². The Morgan fingerprint density at radius 1 is 1.12 bits per heavy atom. The third kappa shape index (κ3) is 4.16. The molecule has 3 aromatic rings. The molecule has 1 N–H and O–H groups in total. The molecule has 1 aliphatic heterocycles. The van der Waals surface area contributed by atoms with Crippen LogP contribution < -0.4 is 19.9 Å². The third-order valence-electron chi connectivity index (χ3n) is 6.03. The number of anilines is 1. The van der Waals surface area contributed by atoms with Crippen LogP contribution in [0, 0.1) is 6.92 Å². The minimum absolute atomic E-state index is 0.290. The molecule has 0 fully saturated rings. The van der Waals surface area contributed by atoms with E-state index in [9.17, 15) is 4.79 Å². The highest BCUT2D eigenvalue weighted by molar-refractivity contribution is 5.86. The summed E-state index contributed by atoms with van der Waals surface area (Å²) >= 11 is 0. The van der Waals surface area contributed by atoms with Crippen molar-refractivity contribution in [3.8, 4) is 11.5 Å². The van der Waals surface area contributed by atoms with E-state index in [-0.39, 0.29) is 5.56 Å². The van der Waals surface area contributed by atoms with E-state index >= 15 is 0 Å². The van der Waals surface area contributed by atoms with Crippen molar-refractivity contribution < 1.29 is 14.2 Å². The average Bonchev–Trinajstić information content (AvgIpc) is 3.19. The molecule has 1 aromatic heterocycles. The molecule has 1 aliphatic rings. The first-order chi connectivity index (χ1) is 15.4. The van der Waals surface area contributed by atoms with Crippen LogP contribution in [0.5, 0.6) is 11.5 Å². The molecule has 170 valence electrons. The van der Waals surface area contributed by atoms with Crippen LogP contribution in [0.2, 0.25) is 0 Å². The van der Waals surface area contributed by atoms with Crippen LogP contribution in [0.3, 0.4) is 0 Å². The molecule has 0 unspecified atom stereocenters. The van der Waals surface area contributed by atoms with Gasteiger partial charge in [0, 0.05) is 52.0 Å². The van der Waals surface area contributed by atoms with Gasteiger partial charge in [-0.3, -0.25) is 9.69 Å². The molecule has 0 saturated heterocycles. The Hall–Kier alpha value is -3.10. The van der Waals surface area contributed by atoms with E-state index in [1.54, 1.807) is 27.4 Å². The summed E-state index contributed by atoms with van der Waals surface area (Å²) < 4.78 is 16.1. The van der Waals surface area contributed by atoms with Crippen LogP contribution in [0.25, 0.3) is 10.9 Å². The van der Waals surface area contributed by atoms with Gasteiger partial charge >= 0.3 is 0 Å². The number of benzene rings is 2. The zero-order valence-electron chi connectivity index (χ0n) is 19.3. The molecule has 8 nitrogen and oxygen atoms in total. The molecule has 4 rings (SSSR count). The minimum Gasteiger partial charge on any atom is -0.493 e. The smallest absolute Gasteiger partial charge is 0.282 e. The van der Waals surface area contributed by atoms with Crippen molar-refractivity contribution in [2.24, 2.45) is 0 Å². The maximum Gasteiger partial charge on any atom is 0.282 e. The Morgan fingerprint density at radius 2 is 1.91 bits per heavy atom. The summed E-state index contributed by atoms with van der Waals surface area (Å²) in [5.41, 5.74) is 4.97. The van der Waals surface area contributed by atoms with Crippen molar-refractivity contribution in [2.45, 2.75) is 26.6 Å². The fourth-order valence-corrected chi connectivity index (χ4v) is 4.37. The standard InChI is InChI=1S/C24H30N4O4/c1-15-21-19(11-20(31-4)22(15)32-5)25-24(26-23(21)29)27(2)12-16-6-7-17-13-28(8-9-30-3)14-18(17)10-16/h6-7,10-11H,8-9,12-14H2,1-5H3,(H,25,26,29). The van der Waals surface area contributed by atoms with Gasteiger partial charge in [-0.15, -0.1) is 0 Å². The van der Waals surface area contributed by atoms with Crippen LogP contribution in [0.4, 0.5) is 5.95 Å². The minimum atomic E-state index is -0.290. The topological polar surface area (TPSA) is 79.9 Å². The number of hydrogen-bond acceptors (Lipinski definition) is 7. The maximum atomic E-state index is 12.9. The normalized spacial score (nSPS) is 13.4. The van der Waals surface area contributed by atoms with E-state index in [4.69, 9.17) is 14.2 Å². The summed E-state index contributed by atoms with van der Waals surface area (Å²) in [5.74, 6) is 1.63. The van der Waals surface area contributed by atoms with Gasteiger partial charge in [0.1, 0.15) is 0 Å². The van der Waals surface area contributed by atoms with Gasteiger partial charge in [0.2, 0.25) is 5.95 Å². The number of aromatic amines is 1. The van der Waals surface area contributed by atoms with Crippen LogP contribution in [-0.2, 0) is 24.4 Å². The van der Waals surface area contributed by atoms with E-state index < -0.39 is 0 Å². The molecule has 0 saturated carbocycles. The Morgan fingerprint density at radius 3 is 2.62 bits per heavy atom. The predicted molar refractivity (Wildman–Crippen MR) is 125 cm³/mol. The second kappa shape index (κ2) is 9.18. The molecule has 32 heavy (non-hydrogen) atoms. The Balaban J connectivity index is 1.59. The first kappa shape index (κ1) is 22.1. The van der Waals surface area contributed by atoms with Crippen LogP contribution in [0.1, 0.15) is 22.3 Å². The number of rotatable bonds is 8. The lowest BCUT2D eigenvalue weighted by molar-refractivity contribution is 0.147. The molecule has 8 heteroatoms. The Labute approximate surface area is 187 Å². The van der Waals surface area contributed by atoms with Gasteiger partial charge in [-0.2, -0.15) is 4.98 Å². The quantitative estimate of drug-likeness (QED) is 0.579. The van der Waals surface area contributed by atoms with Crippen molar-refractivity contribution in [1.82, 2.24) is 14.9 Å². The lowest BCUT2D eigenvalue weighted by atomic mass is 10.1. The van der Waals surface area contributed by atoms with Crippen molar-refractivity contribution in [2.75, 3.05) is 46.4 Å². The first-order valence-electron chi connectivity index (χ1n) is 10.6. The molecular formula is C24H30N4O4. The number of nitrogens with zero attached hydrogens (tertiary/aromatic N) is 3. The number of methoxy groups -OCH3 is 3. The lowest BCUT2D eigenvalue weighted by Gasteiger charge is -2.19. The highest BCUT2D eigenvalue weighted by atomic mass is 16.5. The molecule has 0 bridgehead atoms. The van der Waals surface area contributed by atoms with Crippen LogP contribution >= 0.6 is 0 Å². The van der Waals surface area contributed by atoms with Gasteiger partial charge in [0.25, 0.3) is 5.56 Å². The van der Waals surface area contributed by atoms with Gasteiger partial charge < -0.3 is 24.1 Å². The Kier molecular flexibility index (Phi) is 6.34. The zero-order chi connectivity index (χ0) is 22.8. The van der Waals surface area contributed by atoms with Crippen LogP contribution in [0.15, 0.2) is 29.1 Å². The van der Waals surface area contributed by atoms with Gasteiger partial charge in [-0.1, -0.05) is 18.2 Å². The van der Waals surface area contributed by atoms with Gasteiger partial charge in [-0.25, -0.2) is 0 Å². The van der Waals surface area contributed by atoms with Crippen LogP contribution in [-0.4, -0.2) is 56.4 Å². The number of fused-ring (bicyclic) bond motifs is 2. The maximum absolute atomic E-state index is 12.9. The highest BCUT2D eigenvalue weighted by Crippen LogP contribution is 2.35. The van der Waals surface area contributed by atoms with E-state index in [1.807, 2.05) is 18.9 Å². The number of aryl methyl sites for hydroxylation is 1. The predicted octanol–water partition coefficient (Wildman–Crippen LogP) is 2.85. The van der Waals surface area contributed by atoms with Crippen molar-refractivity contribution in [3.05, 3.63) is 56.9 Å². The molecule has 2 heterocycles. The second-order valence-corrected chi connectivity index (χ2v) is 8.19. The molecule has 0 atom stereocenters. The highest BCUT2D eigenvalue weighted by Gasteiger charge is 2.20. The number of ether oxygens (including phenoxy) is 3. The van der Waals surface area contributed by atoms with E-state index in [1.165, 1.54) is 16.7 Å². The van der Waals surface area contributed by atoms with Gasteiger partial charge in [0.15, 0.2) is 11.5 Å². The number of hydrogen-bond donors (Lipinski definition) is 1. The third-order valence-corrected chi connectivity index (χ3v) is 6.03. The molecule has 2 aromatic carbocycles. The SMILES string of the molecule is COCCN1Cc2ccc(CN(C)c3nc(=O)c4c(C)c(OC)c(OC)cc4[nH]3)cc2C1. The lowest BCUT2D eigenvalue weighted by Crippen LogP contribution is -2.23. The average molecular weight is 439 g/mol. The summed E-state index contributed by atoms with van der Waals surface area (Å²) in [5, 5.41) is 0.508. The second-order valence-electron chi connectivity index (χ2n) is 8.19. The summed E-state index contributed by atoms with van der Waals surface area (Å²) in [6.45, 7) is 6.02. The van der Waals surface area contributed by atoms with Crippen molar-refractivity contribution in [3.63, 3.8) is 0 Å². The largest absolute Gasteiger partial charge is 0.493 e. The molecular weight excluding hydrogens is 408 g/mol. The molecule has 0 spiro atoms. The summed E-state index contributed by atoms with van der Waals surface area (Å²) in [7, 11) is 6.81. The monoisotopic (exact) mass is 438 g/mol. The Bertz CT molecular complexity index is 1190.